The van der Waals surface area contributed by atoms with Crippen LogP contribution in [0.3, 0.4) is 0 Å². The van der Waals surface area contributed by atoms with Crippen molar-refractivity contribution >= 4 is 28.9 Å². The minimum Gasteiger partial charge on any atom is -0.478 e. The summed E-state index contributed by atoms with van der Waals surface area (Å²) in [6.45, 7) is 1.90. The Bertz CT molecular complexity index is 599. The summed E-state index contributed by atoms with van der Waals surface area (Å²) >= 11 is 6.01. The van der Waals surface area contributed by atoms with E-state index in [0.717, 1.165) is 11.3 Å². The third-order valence-corrected chi connectivity index (χ3v) is 2.91. The second-order valence-corrected chi connectivity index (χ2v) is 4.22. The fraction of sp³-hybridized carbons (Fsp3) is 0.0769. The van der Waals surface area contributed by atoms with E-state index in [1.165, 1.54) is 12.4 Å². The number of nitrogens with zero attached hydrogens (tertiary/aromatic N) is 1. The Morgan fingerprint density at radius 1 is 1.39 bits per heavy atom. The van der Waals surface area contributed by atoms with Crippen molar-refractivity contribution in [3.63, 3.8) is 0 Å². The maximum Gasteiger partial charge on any atom is 0.339 e. The van der Waals surface area contributed by atoms with Crippen LogP contribution in [-0.4, -0.2) is 16.1 Å². The molecule has 5 heteroatoms. The molecule has 0 unspecified atom stereocenters. The van der Waals surface area contributed by atoms with Crippen LogP contribution in [-0.2, 0) is 0 Å². The van der Waals surface area contributed by atoms with Gasteiger partial charge < -0.3 is 10.4 Å². The van der Waals surface area contributed by atoms with Crippen molar-refractivity contribution in [2.24, 2.45) is 0 Å². The quantitative estimate of drug-likeness (QED) is 0.889. The average Bonchev–Trinajstić information content (AvgIpc) is 2.34. The largest absolute Gasteiger partial charge is 0.478 e. The Hall–Kier alpha value is -2.07. The number of aromatic nitrogens is 1. The first kappa shape index (κ1) is 12.4. The molecule has 0 atom stereocenters. The molecule has 0 fully saturated rings. The average molecular weight is 263 g/mol. The molecule has 1 aromatic carbocycles. The number of benzene rings is 1. The van der Waals surface area contributed by atoms with E-state index in [9.17, 15) is 4.79 Å². The monoisotopic (exact) mass is 262 g/mol. The summed E-state index contributed by atoms with van der Waals surface area (Å²) < 4.78 is 0. The maximum absolute atomic E-state index is 11.0. The van der Waals surface area contributed by atoms with Gasteiger partial charge in [-0.15, -0.1) is 0 Å². The number of hydrogen-bond donors (Lipinski definition) is 2. The molecule has 0 amide bonds. The van der Waals surface area contributed by atoms with E-state index in [4.69, 9.17) is 16.7 Å². The van der Waals surface area contributed by atoms with E-state index in [1.807, 2.05) is 19.1 Å². The summed E-state index contributed by atoms with van der Waals surface area (Å²) in [6.07, 6.45) is 2.84. The number of halogens is 1. The summed E-state index contributed by atoms with van der Waals surface area (Å²) in [5.74, 6) is -1.02. The maximum atomic E-state index is 11.0. The lowest BCUT2D eigenvalue weighted by Gasteiger charge is -2.10. The number of hydrogen-bond acceptors (Lipinski definition) is 3. The van der Waals surface area contributed by atoms with Crippen LogP contribution in [0.2, 0.25) is 5.02 Å². The van der Waals surface area contributed by atoms with Gasteiger partial charge in [0, 0.05) is 23.1 Å². The molecule has 2 N–H and O–H groups in total. The molecule has 0 saturated heterocycles. The molecule has 0 saturated carbocycles. The number of aromatic carboxylic acids is 1. The summed E-state index contributed by atoms with van der Waals surface area (Å²) in [5.41, 5.74) is 2.31. The van der Waals surface area contributed by atoms with Gasteiger partial charge >= 0.3 is 5.97 Å². The van der Waals surface area contributed by atoms with E-state index >= 15 is 0 Å². The number of aryl methyl sites for hydroxylation is 1. The van der Waals surface area contributed by atoms with Crippen LogP contribution in [0, 0.1) is 6.92 Å². The minimum absolute atomic E-state index is 0.120. The van der Waals surface area contributed by atoms with Crippen LogP contribution >= 0.6 is 11.6 Å². The molecule has 0 radical (unpaired) electrons. The van der Waals surface area contributed by atoms with Gasteiger partial charge in [-0.1, -0.05) is 17.7 Å². The first-order valence-corrected chi connectivity index (χ1v) is 5.66. The van der Waals surface area contributed by atoms with E-state index in [0.29, 0.717) is 10.7 Å². The summed E-state index contributed by atoms with van der Waals surface area (Å²) in [5, 5.41) is 12.7. The summed E-state index contributed by atoms with van der Waals surface area (Å²) in [7, 11) is 0. The Labute approximate surface area is 109 Å². The SMILES string of the molecule is Cc1ccc(Nc2ccncc2C(=O)O)cc1Cl. The van der Waals surface area contributed by atoms with Gasteiger partial charge in [0.05, 0.1) is 5.69 Å². The van der Waals surface area contributed by atoms with Crippen LogP contribution in [0.1, 0.15) is 15.9 Å². The van der Waals surface area contributed by atoms with Crippen LogP contribution in [0.25, 0.3) is 0 Å². The highest BCUT2D eigenvalue weighted by molar-refractivity contribution is 6.31. The Kier molecular flexibility index (Phi) is 3.48. The van der Waals surface area contributed by atoms with E-state index in [2.05, 4.69) is 10.3 Å². The van der Waals surface area contributed by atoms with Crippen molar-refractivity contribution in [2.75, 3.05) is 5.32 Å². The lowest BCUT2D eigenvalue weighted by molar-refractivity contribution is 0.0697. The molecule has 92 valence electrons. The standard InChI is InChI=1S/C13H11ClN2O2/c1-8-2-3-9(6-11(8)14)16-12-4-5-15-7-10(12)13(17)18/h2-7H,1H3,(H,15,16)(H,17,18). The number of rotatable bonds is 3. The fourth-order valence-corrected chi connectivity index (χ4v) is 1.68. The molecular weight excluding hydrogens is 252 g/mol. The fourth-order valence-electron chi connectivity index (χ4n) is 1.50. The predicted octanol–water partition coefficient (Wildman–Crippen LogP) is 3.49. The highest BCUT2D eigenvalue weighted by Crippen LogP contribution is 2.24. The molecule has 1 heterocycles. The van der Waals surface area contributed by atoms with Crippen molar-refractivity contribution < 1.29 is 9.90 Å². The Morgan fingerprint density at radius 2 is 2.17 bits per heavy atom. The van der Waals surface area contributed by atoms with E-state index in [-0.39, 0.29) is 5.56 Å². The third kappa shape index (κ3) is 2.60. The lowest BCUT2D eigenvalue weighted by atomic mass is 10.2. The van der Waals surface area contributed by atoms with Crippen molar-refractivity contribution in [1.82, 2.24) is 4.98 Å². The molecular formula is C13H11ClN2O2. The summed E-state index contributed by atoms with van der Waals surface area (Å²) in [6, 6.07) is 7.07. The first-order valence-electron chi connectivity index (χ1n) is 5.28. The minimum atomic E-state index is -1.02. The lowest BCUT2D eigenvalue weighted by Crippen LogP contribution is -2.03. The van der Waals surface area contributed by atoms with Crippen LogP contribution < -0.4 is 5.32 Å². The smallest absolute Gasteiger partial charge is 0.339 e. The second kappa shape index (κ2) is 5.06. The second-order valence-electron chi connectivity index (χ2n) is 3.82. The Morgan fingerprint density at radius 3 is 2.83 bits per heavy atom. The third-order valence-electron chi connectivity index (χ3n) is 2.50. The topological polar surface area (TPSA) is 62.2 Å². The van der Waals surface area contributed by atoms with E-state index in [1.54, 1.807) is 12.1 Å². The zero-order valence-electron chi connectivity index (χ0n) is 9.64. The molecule has 0 aliphatic heterocycles. The van der Waals surface area contributed by atoms with Gasteiger partial charge in [0.15, 0.2) is 0 Å². The zero-order chi connectivity index (χ0) is 13.1. The van der Waals surface area contributed by atoms with Crippen molar-refractivity contribution in [1.29, 1.82) is 0 Å². The zero-order valence-corrected chi connectivity index (χ0v) is 10.4. The van der Waals surface area contributed by atoms with Gasteiger partial charge in [-0.3, -0.25) is 4.98 Å². The molecule has 2 rings (SSSR count). The van der Waals surface area contributed by atoms with Crippen molar-refractivity contribution in [2.45, 2.75) is 6.92 Å². The van der Waals surface area contributed by atoms with Gasteiger partial charge in [-0.05, 0) is 30.7 Å². The molecule has 0 bridgehead atoms. The number of carbonyl (C=O) groups is 1. The molecule has 1 aromatic heterocycles. The van der Waals surface area contributed by atoms with E-state index < -0.39 is 5.97 Å². The predicted molar refractivity (Wildman–Crippen MR) is 70.7 cm³/mol. The Balaban J connectivity index is 2.34. The number of anilines is 2. The highest BCUT2D eigenvalue weighted by atomic mass is 35.5. The number of carboxylic acid groups (broad SMARTS) is 1. The van der Waals surface area contributed by atoms with Crippen molar-refractivity contribution in [3.05, 3.63) is 52.8 Å². The summed E-state index contributed by atoms with van der Waals surface area (Å²) in [4.78, 5) is 14.8. The van der Waals surface area contributed by atoms with Gasteiger partial charge in [-0.25, -0.2) is 4.79 Å². The van der Waals surface area contributed by atoms with Gasteiger partial charge in [0.25, 0.3) is 0 Å². The highest BCUT2D eigenvalue weighted by Gasteiger charge is 2.10. The van der Waals surface area contributed by atoms with Gasteiger partial charge in [0.1, 0.15) is 5.56 Å². The number of nitrogens with one attached hydrogen (secondary N) is 1. The molecule has 0 aliphatic rings. The van der Waals surface area contributed by atoms with Crippen LogP contribution in [0.5, 0.6) is 0 Å². The molecule has 18 heavy (non-hydrogen) atoms. The number of pyridine rings is 1. The first-order chi connectivity index (χ1) is 8.58. The molecule has 2 aromatic rings. The van der Waals surface area contributed by atoms with Crippen LogP contribution in [0.4, 0.5) is 11.4 Å². The molecule has 4 nitrogen and oxygen atoms in total. The normalized spacial score (nSPS) is 10.1. The number of carboxylic acids is 1. The van der Waals surface area contributed by atoms with Crippen LogP contribution in [0.15, 0.2) is 36.7 Å². The molecule has 0 spiro atoms. The molecule has 0 aliphatic carbocycles. The van der Waals surface area contributed by atoms with Crippen molar-refractivity contribution in [3.8, 4) is 0 Å². The van der Waals surface area contributed by atoms with Gasteiger partial charge in [-0.2, -0.15) is 0 Å². The van der Waals surface area contributed by atoms with Gasteiger partial charge in [0.2, 0.25) is 0 Å².